The van der Waals surface area contributed by atoms with Crippen molar-refractivity contribution < 1.29 is 37.1 Å². The summed E-state index contributed by atoms with van der Waals surface area (Å²) in [6, 6.07) is 7.47. The lowest BCUT2D eigenvalue weighted by Crippen LogP contribution is -2.55. The van der Waals surface area contributed by atoms with Gasteiger partial charge < -0.3 is 15.0 Å². The van der Waals surface area contributed by atoms with Crippen molar-refractivity contribution in [2.75, 3.05) is 13.8 Å². The van der Waals surface area contributed by atoms with Crippen molar-refractivity contribution in [3.63, 3.8) is 0 Å². The van der Waals surface area contributed by atoms with Crippen LogP contribution in [0.15, 0.2) is 54.8 Å². The SMILES string of the molecule is C=C(OCN1C(=O)CCC(N2Cc3cc(CCC(=O)C(F)(F)c4ccc(F)cc4)ccc3C2=O)C1=O)C(C)(CC)NC. The molecule has 224 valence electrons. The van der Waals surface area contributed by atoms with Crippen LogP contribution in [0.3, 0.4) is 0 Å². The summed E-state index contributed by atoms with van der Waals surface area (Å²) in [5.74, 6) is -6.69. The molecule has 1 saturated heterocycles. The summed E-state index contributed by atoms with van der Waals surface area (Å²) in [4.78, 5) is 53.9. The molecule has 1 fully saturated rings. The number of hydrogen-bond acceptors (Lipinski definition) is 6. The topological polar surface area (TPSA) is 96.0 Å². The molecule has 3 amide bonds. The van der Waals surface area contributed by atoms with Crippen molar-refractivity contribution >= 4 is 23.5 Å². The summed E-state index contributed by atoms with van der Waals surface area (Å²) < 4.78 is 48.0. The lowest BCUT2D eigenvalue weighted by molar-refractivity contribution is -0.157. The Labute approximate surface area is 242 Å². The molecular weight excluding hydrogens is 551 g/mol. The molecule has 1 N–H and O–H groups in total. The first-order valence-corrected chi connectivity index (χ1v) is 13.8. The molecule has 2 heterocycles. The predicted molar refractivity (Wildman–Crippen MR) is 148 cm³/mol. The number of alkyl halides is 2. The van der Waals surface area contributed by atoms with Gasteiger partial charge in [0.25, 0.3) is 11.8 Å². The number of nitrogens with one attached hydrogen (secondary N) is 1. The van der Waals surface area contributed by atoms with E-state index in [9.17, 15) is 32.3 Å². The largest absolute Gasteiger partial charge is 0.476 e. The van der Waals surface area contributed by atoms with Crippen LogP contribution in [-0.4, -0.2) is 58.7 Å². The molecule has 8 nitrogen and oxygen atoms in total. The smallest absolute Gasteiger partial charge is 0.330 e. The van der Waals surface area contributed by atoms with Crippen LogP contribution in [0.5, 0.6) is 0 Å². The van der Waals surface area contributed by atoms with E-state index >= 15 is 0 Å². The minimum absolute atomic E-state index is 0.00620. The molecule has 0 bridgehead atoms. The number of nitrogens with zero attached hydrogens (tertiary/aromatic N) is 2. The number of carbonyl (C=O) groups is 4. The number of amides is 3. The number of hydrogen-bond donors (Lipinski definition) is 1. The number of aryl methyl sites for hydroxylation is 1. The van der Waals surface area contributed by atoms with Crippen LogP contribution < -0.4 is 5.32 Å². The lowest BCUT2D eigenvalue weighted by atomic mass is 9.97. The highest BCUT2D eigenvalue weighted by atomic mass is 19.3. The van der Waals surface area contributed by atoms with Crippen LogP contribution in [0.4, 0.5) is 13.2 Å². The van der Waals surface area contributed by atoms with E-state index in [1.807, 2.05) is 13.8 Å². The zero-order valence-electron chi connectivity index (χ0n) is 23.8. The predicted octanol–water partition coefficient (Wildman–Crippen LogP) is 4.47. The quantitative estimate of drug-likeness (QED) is 0.292. The Bertz CT molecular complexity index is 1410. The Hall–Kier alpha value is -3.99. The molecule has 11 heteroatoms. The van der Waals surface area contributed by atoms with Crippen molar-refractivity contribution in [1.82, 2.24) is 15.1 Å². The maximum Gasteiger partial charge on any atom is 0.330 e. The Morgan fingerprint density at radius 3 is 2.48 bits per heavy atom. The standard InChI is InChI=1S/C31H34F3N3O5/c1-5-30(3,35-4)19(2)42-18-37-27(39)15-13-25(29(37)41)36-17-21-16-20(6-12-24(21)28(36)40)7-14-26(38)31(33,34)22-8-10-23(32)11-9-22/h6,8-12,16,25,35H,2,5,7,13-15,17-18H2,1,3-4H3. The summed E-state index contributed by atoms with van der Waals surface area (Å²) in [7, 11) is 1.76. The second-order valence-corrected chi connectivity index (χ2v) is 10.8. The minimum Gasteiger partial charge on any atom is -0.476 e. The van der Waals surface area contributed by atoms with Crippen molar-refractivity contribution in [2.24, 2.45) is 0 Å². The van der Waals surface area contributed by atoms with E-state index in [4.69, 9.17) is 4.74 Å². The molecule has 2 aliphatic rings. The van der Waals surface area contributed by atoms with Gasteiger partial charge in [0, 0.05) is 30.5 Å². The molecule has 2 aliphatic heterocycles. The molecule has 0 saturated carbocycles. The molecule has 2 aromatic carbocycles. The van der Waals surface area contributed by atoms with Gasteiger partial charge in [0.15, 0.2) is 6.73 Å². The third-order valence-corrected chi connectivity index (χ3v) is 8.30. The Kier molecular flexibility index (Phi) is 8.91. The second-order valence-electron chi connectivity index (χ2n) is 10.8. The normalized spacial score (nSPS) is 18.6. The Morgan fingerprint density at radius 1 is 1.14 bits per heavy atom. The van der Waals surface area contributed by atoms with E-state index in [1.54, 1.807) is 25.2 Å². The maximum atomic E-state index is 14.6. The van der Waals surface area contributed by atoms with Gasteiger partial charge in [-0.15, -0.1) is 0 Å². The van der Waals surface area contributed by atoms with Crippen molar-refractivity contribution in [3.05, 3.63) is 82.9 Å². The highest BCUT2D eigenvalue weighted by Gasteiger charge is 2.43. The zero-order chi connectivity index (χ0) is 30.8. The van der Waals surface area contributed by atoms with Crippen LogP contribution in [0.1, 0.15) is 66.6 Å². The van der Waals surface area contributed by atoms with Gasteiger partial charge in [0.05, 0.1) is 5.54 Å². The lowest BCUT2D eigenvalue weighted by Gasteiger charge is -2.36. The van der Waals surface area contributed by atoms with Crippen molar-refractivity contribution in [3.8, 4) is 0 Å². The molecular formula is C31H34F3N3O5. The molecule has 0 spiro atoms. The molecule has 42 heavy (non-hydrogen) atoms. The number of ether oxygens (including phenoxy) is 1. The number of piperidine rings is 1. The van der Waals surface area contributed by atoms with E-state index in [0.29, 0.717) is 28.9 Å². The molecule has 0 radical (unpaired) electrons. The van der Waals surface area contributed by atoms with Crippen molar-refractivity contribution in [2.45, 2.75) is 70.0 Å². The number of Topliss-reactive ketones (excluding diaryl/α,β-unsaturated/α-hetero) is 1. The van der Waals surface area contributed by atoms with E-state index in [-0.39, 0.29) is 38.4 Å². The van der Waals surface area contributed by atoms with Crippen LogP contribution in [0.2, 0.25) is 0 Å². The number of carbonyl (C=O) groups excluding carboxylic acids is 4. The highest BCUT2D eigenvalue weighted by Crippen LogP contribution is 2.33. The monoisotopic (exact) mass is 585 g/mol. The number of fused-ring (bicyclic) bond motifs is 1. The van der Waals surface area contributed by atoms with E-state index in [2.05, 4.69) is 11.9 Å². The fourth-order valence-corrected chi connectivity index (χ4v) is 5.10. The van der Waals surface area contributed by atoms with Gasteiger partial charge in [-0.3, -0.25) is 19.2 Å². The number of ketones is 1. The number of imide groups is 1. The fourth-order valence-electron chi connectivity index (χ4n) is 5.10. The molecule has 4 rings (SSSR count). The number of halogens is 3. The molecule has 0 aromatic heterocycles. The third kappa shape index (κ3) is 5.97. The first kappa shape index (κ1) is 31.0. The fraction of sp³-hybridized carbons (Fsp3) is 0.419. The van der Waals surface area contributed by atoms with E-state index < -0.39 is 52.9 Å². The summed E-state index contributed by atoms with van der Waals surface area (Å²) in [6.45, 7) is 7.54. The minimum atomic E-state index is -3.76. The number of likely N-dealkylation sites (tertiary alicyclic amines) is 1. The molecule has 2 atom stereocenters. The summed E-state index contributed by atoms with van der Waals surface area (Å²) >= 11 is 0. The van der Waals surface area contributed by atoms with Crippen LogP contribution >= 0.6 is 0 Å². The summed E-state index contributed by atoms with van der Waals surface area (Å²) in [5.41, 5.74) is 0.422. The summed E-state index contributed by atoms with van der Waals surface area (Å²) in [6.07, 6.45) is 0.429. The van der Waals surface area contributed by atoms with Gasteiger partial charge >= 0.3 is 5.92 Å². The molecule has 2 aromatic rings. The number of likely N-dealkylation sites (N-methyl/N-ethyl adjacent to an activating group) is 1. The van der Waals surface area contributed by atoms with Gasteiger partial charge in [0.2, 0.25) is 11.7 Å². The van der Waals surface area contributed by atoms with Crippen LogP contribution in [0, 0.1) is 5.82 Å². The first-order chi connectivity index (χ1) is 19.8. The third-order valence-electron chi connectivity index (χ3n) is 8.30. The van der Waals surface area contributed by atoms with Gasteiger partial charge in [-0.05, 0) is 74.7 Å². The van der Waals surface area contributed by atoms with Gasteiger partial charge in [-0.25, -0.2) is 9.29 Å². The van der Waals surface area contributed by atoms with Gasteiger partial charge in [0.1, 0.15) is 17.6 Å². The van der Waals surface area contributed by atoms with Gasteiger partial charge in [-0.2, -0.15) is 8.78 Å². The Balaban J connectivity index is 1.41. The van der Waals surface area contributed by atoms with Gasteiger partial charge in [-0.1, -0.05) is 25.6 Å². The van der Waals surface area contributed by atoms with E-state index in [1.165, 1.54) is 4.90 Å². The maximum absolute atomic E-state index is 14.6. The Morgan fingerprint density at radius 2 is 1.83 bits per heavy atom. The average Bonchev–Trinajstić information content (AvgIpc) is 3.30. The zero-order valence-corrected chi connectivity index (χ0v) is 23.8. The number of rotatable bonds is 12. The van der Waals surface area contributed by atoms with E-state index in [0.717, 1.165) is 29.2 Å². The first-order valence-electron chi connectivity index (χ1n) is 13.8. The summed E-state index contributed by atoms with van der Waals surface area (Å²) in [5, 5.41) is 3.11. The number of benzene rings is 2. The molecule has 0 aliphatic carbocycles. The second kappa shape index (κ2) is 12.1. The average molecular weight is 586 g/mol. The molecule has 2 unspecified atom stereocenters. The van der Waals surface area contributed by atoms with Crippen LogP contribution in [-0.2, 0) is 38.0 Å². The van der Waals surface area contributed by atoms with Crippen LogP contribution in [0.25, 0.3) is 0 Å². The highest BCUT2D eigenvalue weighted by molar-refractivity contribution is 6.05. The van der Waals surface area contributed by atoms with Crippen molar-refractivity contribution in [1.29, 1.82) is 0 Å².